The Morgan fingerprint density at radius 2 is 2.14 bits per heavy atom. The van der Waals surface area contributed by atoms with E-state index < -0.39 is 0 Å². The minimum absolute atomic E-state index is 0. The number of rotatable bonds is 2. The van der Waals surface area contributed by atoms with Crippen LogP contribution in [0, 0.1) is 6.92 Å². The Hall–Kier alpha value is 0.583. The number of nitrogens with two attached hydrogens (primary N) is 1. The van der Waals surface area contributed by atoms with E-state index in [-0.39, 0.29) is 25.5 Å². The van der Waals surface area contributed by atoms with Gasteiger partial charge in [0, 0.05) is 0 Å². The molecule has 2 heteroatoms. The molecule has 0 aromatic carbocycles. The zero-order valence-corrected chi connectivity index (χ0v) is 6.37. The molecule has 1 atom stereocenters. The van der Waals surface area contributed by atoms with Gasteiger partial charge < -0.3 is 12.7 Å². The van der Waals surface area contributed by atoms with Crippen molar-refractivity contribution in [1.29, 1.82) is 0 Å². The third kappa shape index (κ3) is 10.8. The number of hydrogen-bond donors (Lipinski definition) is 1. The van der Waals surface area contributed by atoms with Gasteiger partial charge in [-0.05, 0) is 0 Å². The van der Waals surface area contributed by atoms with Gasteiger partial charge in [-0.3, -0.25) is 0 Å². The zero-order chi connectivity index (χ0) is 4.99. The molecule has 2 N–H and O–H groups in total. The number of hydrogen-bond acceptors (Lipinski definition) is 1. The second-order valence-electron chi connectivity index (χ2n) is 1.55. The van der Waals surface area contributed by atoms with Gasteiger partial charge in [-0.2, -0.15) is 0 Å². The molecule has 0 aliphatic rings. The second-order valence-corrected chi connectivity index (χ2v) is 1.55. The molecular weight excluding hydrogens is 175 g/mol. The van der Waals surface area contributed by atoms with Crippen LogP contribution in [0.1, 0.15) is 19.8 Å². The SMILES string of the molecule is [CH2-]C(N)CCC.[Ru+]. The third-order valence-corrected chi connectivity index (χ3v) is 0.659. The topological polar surface area (TPSA) is 26.0 Å². The van der Waals surface area contributed by atoms with Crippen LogP contribution in [-0.2, 0) is 19.5 Å². The summed E-state index contributed by atoms with van der Waals surface area (Å²) in [4.78, 5) is 0. The Kier molecular flexibility index (Phi) is 9.92. The maximum Gasteiger partial charge on any atom is 1.00 e. The summed E-state index contributed by atoms with van der Waals surface area (Å²) in [6, 6.07) is 0.148. The van der Waals surface area contributed by atoms with Crippen LogP contribution in [0.5, 0.6) is 0 Å². The van der Waals surface area contributed by atoms with Gasteiger partial charge in [0.1, 0.15) is 0 Å². The van der Waals surface area contributed by atoms with Crippen molar-refractivity contribution in [3.05, 3.63) is 6.92 Å². The molecule has 0 rings (SSSR count). The maximum absolute atomic E-state index is 5.29. The van der Waals surface area contributed by atoms with E-state index in [0.717, 1.165) is 12.8 Å². The third-order valence-electron chi connectivity index (χ3n) is 0.659. The maximum atomic E-state index is 5.29. The van der Waals surface area contributed by atoms with Gasteiger partial charge in [0.2, 0.25) is 0 Å². The fraction of sp³-hybridized carbons (Fsp3) is 0.800. The molecule has 0 aliphatic heterocycles. The summed E-state index contributed by atoms with van der Waals surface area (Å²) in [6.07, 6.45) is 2.19. The molecule has 0 aromatic rings. The summed E-state index contributed by atoms with van der Waals surface area (Å²) < 4.78 is 0. The Bertz CT molecular complexity index is 29.3. The van der Waals surface area contributed by atoms with Gasteiger partial charge in [-0.25, -0.2) is 0 Å². The van der Waals surface area contributed by atoms with Crippen molar-refractivity contribution in [3.63, 3.8) is 0 Å². The van der Waals surface area contributed by atoms with Crippen LogP contribution in [0.4, 0.5) is 0 Å². The fourth-order valence-corrected chi connectivity index (χ4v) is 0.371. The first-order chi connectivity index (χ1) is 2.77. The first-order valence-corrected chi connectivity index (χ1v) is 2.36. The Morgan fingerprint density at radius 3 is 2.14 bits per heavy atom. The van der Waals surface area contributed by atoms with E-state index in [1.54, 1.807) is 0 Å². The van der Waals surface area contributed by atoms with Gasteiger partial charge in [-0.1, -0.05) is 19.8 Å². The molecule has 0 aliphatic carbocycles. The van der Waals surface area contributed by atoms with E-state index in [4.69, 9.17) is 5.73 Å². The molecule has 0 amide bonds. The van der Waals surface area contributed by atoms with E-state index in [2.05, 4.69) is 13.8 Å². The van der Waals surface area contributed by atoms with Crippen molar-refractivity contribution < 1.29 is 19.5 Å². The molecule has 1 radical (unpaired) electrons. The summed E-state index contributed by atoms with van der Waals surface area (Å²) in [5.41, 5.74) is 5.29. The van der Waals surface area contributed by atoms with Crippen LogP contribution in [0.25, 0.3) is 0 Å². The first kappa shape index (κ1) is 10.5. The van der Waals surface area contributed by atoms with Gasteiger partial charge in [-0.15, -0.1) is 6.04 Å². The molecule has 0 fully saturated rings. The Morgan fingerprint density at radius 1 is 1.71 bits per heavy atom. The van der Waals surface area contributed by atoms with Gasteiger partial charge in [0.25, 0.3) is 0 Å². The predicted molar refractivity (Wildman–Crippen MR) is 28.2 cm³/mol. The van der Waals surface area contributed by atoms with Crippen molar-refractivity contribution in [1.82, 2.24) is 0 Å². The molecule has 1 nitrogen and oxygen atoms in total. The predicted octanol–water partition coefficient (Wildman–Crippen LogP) is 0.945. The van der Waals surface area contributed by atoms with E-state index in [9.17, 15) is 0 Å². The Labute approximate surface area is 58.4 Å². The molecule has 0 saturated heterocycles. The van der Waals surface area contributed by atoms with Crippen LogP contribution in [0.2, 0.25) is 0 Å². The quantitative estimate of drug-likeness (QED) is 0.505. The molecule has 0 heterocycles. The fourth-order valence-electron chi connectivity index (χ4n) is 0.371. The van der Waals surface area contributed by atoms with Crippen LogP contribution in [0.3, 0.4) is 0 Å². The molecule has 0 bridgehead atoms. The molecule has 0 aromatic heterocycles. The average Bonchev–Trinajstić information content (AvgIpc) is 1.35. The summed E-state index contributed by atoms with van der Waals surface area (Å²) >= 11 is 0. The van der Waals surface area contributed by atoms with Crippen LogP contribution in [-0.4, -0.2) is 6.04 Å². The van der Waals surface area contributed by atoms with Crippen LogP contribution in [0.15, 0.2) is 0 Å². The molecule has 0 saturated carbocycles. The first-order valence-electron chi connectivity index (χ1n) is 2.36. The Balaban J connectivity index is 0. The normalized spacial score (nSPS) is 12.4. The summed E-state index contributed by atoms with van der Waals surface area (Å²) in [5, 5.41) is 0. The zero-order valence-electron chi connectivity index (χ0n) is 4.63. The average molecular weight is 187 g/mol. The minimum Gasteiger partial charge on any atom is -0.357 e. The van der Waals surface area contributed by atoms with Gasteiger partial charge in [0.05, 0.1) is 0 Å². The van der Waals surface area contributed by atoms with Crippen molar-refractivity contribution in [2.24, 2.45) is 5.73 Å². The standard InChI is InChI=1S/C5H12N.Ru/c1-3-4-5(2)6;/h5H,2-4,6H2,1H3;/q-1;+1. The molecule has 1 unspecified atom stereocenters. The molecule has 7 heavy (non-hydrogen) atoms. The second kappa shape index (κ2) is 6.58. The van der Waals surface area contributed by atoms with Crippen molar-refractivity contribution in [2.45, 2.75) is 25.8 Å². The smallest absolute Gasteiger partial charge is 0.357 e. The van der Waals surface area contributed by atoms with Crippen LogP contribution >= 0.6 is 0 Å². The van der Waals surface area contributed by atoms with Gasteiger partial charge in [0.15, 0.2) is 0 Å². The largest absolute Gasteiger partial charge is 1.00 e. The molecule has 45 valence electrons. The molecule has 0 spiro atoms. The van der Waals surface area contributed by atoms with Crippen molar-refractivity contribution in [2.75, 3.05) is 0 Å². The van der Waals surface area contributed by atoms with Crippen molar-refractivity contribution in [3.8, 4) is 0 Å². The van der Waals surface area contributed by atoms with Gasteiger partial charge >= 0.3 is 19.5 Å². The summed E-state index contributed by atoms with van der Waals surface area (Å²) in [5.74, 6) is 0. The summed E-state index contributed by atoms with van der Waals surface area (Å²) in [7, 11) is 0. The van der Waals surface area contributed by atoms with Crippen molar-refractivity contribution >= 4 is 0 Å². The molecular formula is C5H12NRu. The minimum atomic E-state index is 0. The van der Waals surface area contributed by atoms with E-state index >= 15 is 0 Å². The summed E-state index contributed by atoms with van der Waals surface area (Å²) in [6.45, 7) is 5.71. The van der Waals surface area contributed by atoms with Crippen LogP contribution < -0.4 is 5.73 Å². The monoisotopic (exact) mass is 188 g/mol. The van der Waals surface area contributed by atoms with E-state index in [1.807, 2.05) is 0 Å². The van der Waals surface area contributed by atoms with E-state index in [1.165, 1.54) is 0 Å². The van der Waals surface area contributed by atoms with E-state index in [0.29, 0.717) is 0 Å².